The molecule has 0 spiro atoms. The summed E-state index contributed by atoms with van der Waals surface area (Å²) in [4.78, 5) is 13.4. The van der Waals surface area contributed by atoms with Gasteiger partial charge in [-0.1, -0.05) is 0 Å². The van der Waals surface area contributed by atoms with Crippen molar-refractivity contribution in [1.29, 1.82) is 0 Å². The number of nitrogens with one attached hydrogen (secondary N) is 1. The molecule has 2 aliphatic rings. The van der Waals surface area contributed by atoms with Crippen molar-refractivity contribution < 1.29 is 18.0 Å². The van der Waals surface area contributed by atoms with Crippen molar-refractivity contribution in [1.82, 2.24) is 10.2 Å². The highest BCUT2D eigenvalue weighted by atomic mass is 35.5. The molecule has 2 unspecified atom stereocenters. The number of hydrogen-bond donors (Lipinski definition) is 1. The number of hydrogen-bond acceptors (Lipinski definition) is 2. The SMILES string of the molecule is Cl.O=C(CCC1CCNC1)N1CCCC(C(F)(F)F)C1. The molecule has 7 heteroatoms. The molecule has 0 aromatic rings. The van der Waals surface area contributed by atoms with Gasteiger partial charge < -0.3 is 10.2 Å². The van der Waals surface area contributed by atoms with Gasteiger partial charge in [-0.2, -0.15) is 13.2 Å². The van der Waals surface area contributed by atoms with Gasteiger partial charge in [0, 0.05) is 19.5 Å². The molecule has 2 saturated heterocycles. The van der Waals surface area contributed by atoms with Gasteiger partial charge in [-0.25, -0.2) is 0 Å². The van der Waals surface area contributed by atoms with Crippen molar-refractivity contribution in [3.8, 4) is 0 Å². The van der Waals surface area contributed by atoms with Crippen molar-refractivity contribution in [3.05, 3.63) is 0 Å². The lowest BCUT2D eigenvalue weighted by Gasteiger charge is -2.34. The number of piperidine rings is 1. The van der Waals surface area contributed by atoms with E-state index in [9.17, 15) is 18.0 Å². The van der Waals surface area contributed by atoms with E-state index in [1.54, 1.807) is 0 Å². The molecular formula is C13H22ClF3N2O. The Hall–Kier alpha value is -0.490. The summed E-state index contributed by atoms with van der Waals surface area (Å²) in [5.41, 5.74) is 0. The Morgan fingerprint density at radius 3 is 2.65 bits per heavy atom. The van der Waals surface area contributed by atoms with Crippen LogP contribution in [0.1, 0.15) is 32.1 Å². The molecular weight excluding hydrogens is 293 g/mol. The molecule has 0 aliphatic carbocycles. The minimum atomic E-state index is -4.17. The molecule has 3 nitrogen and oxygen atoms in total. The number of carbonyl (C=O) groups is 1. The molecule has 2 heterocycles. The molecule has 0 radical (unpaired) electrons. The molecule has 1 amide bonds. The lowest BCUT2D eigenvalue weighted by Crippen LogP contribution is -2.44. The van der Waals surface area contributed by atoms with E-state index in [0.29, 0.717) is 25.3 Å². The van der Waals surface area contributed by atoms with Crippen LogP contribution in [0.5, 0.6) is 0 Å². The van der Waals surface area contributed by atoms with Crippen LogP contribution >= 0.6 is 12.4 Å². The van der Waals surface area contributed by atoms with Gasteiger partial charge >= 0.3 is 6.18 Å². The van der Waals surface area contributed by atoms with E-state index >= 15 is 0 Å². The maximum atomic E-state index is 12.7. The van der Waals surface area contributed by atoms with Gasteiger partial charge in [0.25, 0.3) is 0 Å². The molecule has 1 N–H and O–H groups in total. The predicted molar refractivity (Wildman–Crippen MR) is 72.8 cm³/mol. The predicted octanol–water partition coefficient (Wildman–Crippen LogP) is 2.60. The van der Waals surface area contributed by atoms with Crippen molar-refractivity contribution in [3.63, 3.8) is 0 Å². The lowest BCUT2D eigenvalue weighted by molar-refractivity contribution is -0.188. The molecule has 0 aromatic heterocycles. The molecule has 2 atom stereocenters. The van der Waals surface area contributed by atoms with Crippen LogP contribution in [0.2, 0.25) is 0 Å². The van der Waals surface area contributed by atoms with E-state index in [1.165, 1.54) is 4.90 Å². The van der Waals surface area contributed by atoms with Crippen LogP contribution in [0.3, 0.4) is 0 Å². The van der Waals surface area contributed by atoms with Crippen LogP contribution in [0.25, 0.3) is 0 Å². The maximum absolute atomic E-state index is 12.7. The van der Waals surface area contributed by atoms with Crippen LogP contribution in [-0.4, -0.2) is 43.2 Å². The summed E-state index contributed by atoms with van der Waals surface area (Å²) in [6.45, 7) is 2.25. The third-order valence-electron chi connectivity index (χ3n) is 4.17. The Morgan fingerprint density at radius 1 is 1.30 bits per heavy atom. The summed E-state index contributed by atoms with van der Waals surface area (Å²) in [6.07, 6.45) is -1.32. The van der Waals surface area contributed by atoms with Gasteiger partial charge in [-0.3, -0.25) is 4.79 Å². The van der Waals surface area contributed by atoms with Crippen molar-refractivity contribution in [2.75, 3.05) is 26.2 Å². The van der Waals surface area contributed by atoms with Crippen LogP contribution < -0.4 is 5.32 Å². The van der Waals surface area contributed by atoms with E-state index in [-0.39, 0.29) is 31.3 Å². The molecule has 2 rings (SSSR count). The average Bonchev–Trinajstić information content (AvgIpc) is 2.88. The van der Waals surface area contributed by atoms with Crippen LogP contribution in [0.4, 0.5) is 13.2 Å². The Kier molecular flexibility index (Phi) is 6.58. The second-order valence-electron chi connectivity index (χ2n) is 5.62. The van der Waals surface area contributed by atoms with Gasteiger partial charge in [0.15, 0.2) is 0 Å². The van der Waals surface area contributed by atoms with Gasteiger partial charge in [-0.05, 0) is 44.7 Å². The van der Waals surface area contributed by atoms with E-state index in [1.807, 2.05) is 0 Å². The lowest BCUT2D eigenvalue weighted by atomic mass is 9.96. The molecule has 2 fully saturated rings. The Labute approximate surface area is 123 Å². The largest absolute Gasteiger partial charge is 0.393 e. The summed E-state index contributed by atoms with van der Waals surface area (Å²) in [7, 11) is 0. The molecule has 2 aliphatic heterocycles. The first-order chi connectivity index (χ1) is 8.97. The smallest absolute Gasteiger partial charge is 0.342 e. The van der Waals surface area contributed by atoms with E-state index < -0.39 is 12.1 Å². The number of nitrogens with zero attached hydrogens (tertiary/aromatic N) is 1. The first-order valence-electron chi connectivity index (χ1n) is 7.02. The number of amides is 1. The number of carbonyl (C=O) groups excluding carboxylic acids is 1. The number of likely N-dealkylation sites (tertiary alicyclic amines) is 1. The number of alkyl halides is 3. The minimum absolute atomic E-state index is 0. The fourth-order valence-corrected chi connectivity index (χ4v) is 2.92. The third kappa shape index (κ3) is 4.81. The monoisotopic (exact) mass is 314 g/mol. The summed E-state index contributed by atoms with van der Waals surface area (Å²) >= 11 is 0. The number of halogens is 4. The summed E-state index contributed by atoms with van der Waals surface area (Å²) < 4.78 is 38.0. The Morgan fingerprint density at radius 2 is 2.05 bits per heavy atom. The third-order valence-corrected chi connectivity index (χ3v) is 4.17. The van der Waals surface area contributed by atoms with Crippen LogP contribution in [-0.2, 0) is 4.79 Å². The average molecular weight is 315 g/mol. The van der Waals surface area contributed by atoms with Gasteiger partial charge in [0.1, 0.15) is 0 Å². The zero-order valence-corrected chi connectivity index (χ0v) is 12.2. The zero-order chi connectivity index (χ0) is 13.9. The summed E-state index contributed by atoms with van der Waals surface area (Å²) in [6, 6.07) is 0. The quantitative estimate of drug-likeness (QED) is 0.868. The molecule has 0 bridgehead atoms. The van der Waals surface area contributed by atoms with E-state index in [4.69, 9.17) is 0 Å². The minimum Gasteiger partial charge on any atom is -0.342 e. The highest BCUT2D eigenvalue weighted by molar-refractivity contribution is 5.85. The van der Waals surface area contributed by atoms with Crippen LogP contribution in [0, 0.1) is 11.8 Å². The zero-order valence-electron chi connectivity index (χ0n) is 11.4. The van der Waals surface area contributed by atoms with Crippen molar-refractivity contribution in [2.24, 2.45) is 11.8 Å². The molecule has 20 heavy (non-hydrogen) atoms. The van der Waals surface area contributed by atoms with Crippen molar-refractivity contribution >= 4 is 18.3 Å². The van der Waals surface area contributed by atoms with Crippen LogP contribution in [0.15, 0.2) is 0 Å². The maximum Gasteiger partial charge on any atom is 0.393 e. The summed E-state index contributed by atoms with van der Waals surface area (Å²) in [5.74, 6) is -0.939. The fourth-order valence-electron chi connectivity index (χ4n) is 2.92. The topological polar surface area (TPSA) is 32.3 Å². The standard InChI is InChI=1S/C13H21F3N2O.ClH/c14-13(15,16)11-2-1-7-18(9-11)12(19)4-3-10-5-6-17-8-10;/h10-11,17H,1-9H2;1H. The second kappa shape index (κ2) is 7.50. The van der Waals surface area contributed by atoms with Gasteiger partial charge in [-0.15, -0.1) is 12.4 Å². The van der Waals surface area contributed by atoms with Gasteiger partial charge in [0.05, 0.1) is 5.92 Å². The summed E-state index contributed by atoms with van der Waals surface area (Å²) in [5, 5.41) is 3.23. The normalized spacial score (nSPS) is 27.2. The fraction of sp³-hybridized carbons (Fsp3) is 0.923. The second-order valence-corrected chi connectivity index (χ2v) is 5.62. The highest BCUT2D eigenvalue weighted by Crippen LogP contribution is 2.33. The Bertz CT molecular complexity index is 319. The first kappa shape index (κ1) is 17.6. The molecule has 0 saturated carbocycles. The highest BCUT2D eigenvalue weighted by Gasteiger charge is 2.42. The first-order valence-corrected chi connectivity index (χ1v) is 7.02. The Balaban J connectivity index is 0.00000200. The van der Waals surface area contributed by atoms with E-state index in [2.05, 4.69) is 5.32 Å². The van der Waals surface area contributed by atoms with E-state index in [0.717, 1.165) is 25.9 Å². The number of rotatable bonds is 3. The van der Waals surface area contributed by atoms with Crippen molar-refractivity contribution in [2.45, 2.75) is 38.3 Å². The van der Waals surface area contributed by atoms with Gasteiger partial charge in [0.2, 0.25) is 5.91 Å². The molecule has 118 valence electrons. The molecule has 0 aromatic carbocycles.